The fraction of sp³-hybridized carbons (Fsp3) is 0.789. The van der Waals surface area contributed by atoms with Crippen LogP contribution < -0.4 is 0 Å². The molecular weight excluding hydrogens is 228 g/mol. The van der Waals surface area contributed by atoms with Crippen LogP contribution >= 0.6 is 0 Å². The Morgan fingerprint density at radius 3 is 2.05 bits per heavy atom. The van der Waals surface area contributed by atoms with Crippen LogP contribution in [0.5, 0.6) is 0 Å². The summed E-state index contributed by atoms with van der Waals surface area (Å²) in [6.07, 6.45) is 9.55. The van der Waals surface area contributed by atoms with Crippen molar-refractivity contribution >= 4 is 0 Å². The van der Waals surface area contributed by atoms with E-state index in [1.807, 2.05) is 20.8 Å². The maximum absolute atomic E-state index is 3.36. The molecule has 0 amide bonds. The van der Waals surface area contributed by atoms with Crippen LogP contribution in [0.1, 0.15) is 66.7 Å². The summed E-state index contributed by atoms with van der Waals surface area (Å²) in [7, 11) is 0. The van der Waals surface area contributed by atoms with Crippen LogP contribution in [-0.4, -0.2) is 0 Å². The number of rotatable bonds is 0. The molecule has 3 fully saturated rings. The minimum absolute atomic E-state index is 0.705. The molecular formula is C19H36. The van der Waals surface area contributed by atoms with Gasteiger partial charge in [-0.05, 0) is 61.7 Å². The molecule has 0 N–H and O–H groups in total. The second-order valence-electron chi connectivity index (χ2n) is 6.46. The summed E-state index contributed by atoms with van der Waals surface area (Å²) in [6, 6.07) is 0. The van der Waals surface area contributed by atoms with E-state index >= 15 is 0 Å². The lowest BCUT2D eigenvalue weighted by Crippen LogP contribution is -2.30. The molecule has 0 nitrogen and oxygen atoms in total. The third-order valence-electron chi connectivity index (χ3n) is 5.10. The predicted octanol–water partition coefficient (Wildman–Crippen LogP) is 6.49. The average Bonchev–Trinajstić information content (AvgIpc) is 3.05. The van der Waals surface area contributed by atoms with E-state index in [-0.39, 0.29) is 0 Å². The minimum atomic E-state index is 0.705. The number of fused-ring (bicyclic) bond motifs is 5. The molecule has 4 unspecified atom stereocenters. The standard InChI is InChI=1S/C12H20.C3H6.C2H6.C2H4/c1-12(2)7-8-6-11(12)10-5-3-4-9(8)10;1-3-2;2*1-2/h8-11H,3-7H2,1-2H3;3H,1H2,2H3;1-2H3;1-2H2. The topological polar surface area (TPSA) is 0 Å². The van der Waals surface area contributed by atoms with Crippen LogP contribution in [0, 0.1) is 29.1 Å². The number of allylic oxidation sites excluding steroid dienone is 1. The van der Waals surface area contributed by atoms with E-state index < -0.39 is 0 Å². The lowest BCUT2D eigenvalue weighted by Gasteiger charge is -2.37. The van der Waals surface area contributed by atoms with Gasteiger partial charge in [0.1, 0.15) is 0 Å². The molecule has 0 heteroatoms. The van der Waals surface area contributed by atoms with Gasteiger partial charge in [0.15, 0.2) is 0 Å². The van der Waals surface area contributed by atoms with Crippen LogP contribution in [0.25, 0.3) is 0 Å². The maximum Gasteiger partial charge on any atom is -0.0320 e. The smallest absolute Gasteiger partial charge is 0.0320 e. The molecule has 3 aliphatic carbocycles. The van der Waals surface area contributed by atoms with Crippen molar-refractivity contribution < 1.29 is 0 Å². The molecule has 112 valence electrons. The molecule has 3 rings (SSSR count). The van der Waals surface area contributed by atoms with Crippen LogP contribution in [0.4, 0.5) is 0 Å². The fourth-order valence-electron chi connectivity index (χ4n) is 4.74. The van der Waals surface area contributed by atoms with Gasteiger partial charge in [0.25, 0.3) is 0 Å². The molecule has 3 saturated carbocycles. The van der Waals surface area contributed by atoms with Crippen LogP contribution in [-0.2, 0) is 0 Å². The Kier molecular flexibility index (Phi) is 8.38. The Bertz CT molecular complexity index is 251. The highest BCUT2D eigenvalue weighted by atomic mass is 14.6. The monoisotopic (exact) mass is 264 g/mol. The Morgan fingerprint density at radius 1 is 1.05 bits per heavy atom. The summed E-state index contributed by atoms with van der Waals surface area (Å²) in [5.74, 6) is 4.56. The Hall–Kier alpha value is -0.520. The normalized spacial score (nSPS) is 35.6. The van der Waals surface area contributed by atoms with Gasteiger partial charge in [-0.1, -0.05) is 40.2 Å². The number of hydrogen-bond acceptors (Lipinski definition) is 0. The molecule has 0 aromatic heterocycles. The summed E-state index contributed by atoms with van der Waals surface area (Å²) in [4.78, 5) is 0. The van der Waals surface area contributed by atoms with Crippen LogP contribution in [0.15, 0.2) is 25.8 Å². The minimum Gasteiger partial charge on any atom is -0.106 e. The van der Waals surface area contributed by atoms with Gasteiger partial charge in [0.2, 0.25) is 0 Å². The Labute approximate surface area is 122 Å². The molecule has 0 aromatic rings. The summed E-state index contributed by atoms with van der Waals surface area (Å²) < 4.78 is 0. The van der Waals surface area contributed by atoms with Crippen LogP contribution in [0.3, 0.4) is 0 Å². The van der Waals surface area contributed by atoms with Crippen molar-refractivity contribution in [3.63, 3.8) is 0 Å². The molecule has 3 aliphatic rings. The van der Waals surface area contributed by atoms with E-state index in [2.05, 4.69) is 33.6 Å². The van der Waals surface area contributed by atoms with Gasteiger partial charge in [-0.3, -0.25) is 0 Å². The first kappa shape index (κ1) is 18.5. The second kappa shape index (κ2) is 8.61. The highest BCUT2D eigenvalue weighted by Gasteiger charge is 2.56. The summed E-state index contributed by atoms with van der Waals surface area (Å²) in [5, 5.41) is 0. The van der Waals surface area contributed by atoms with E-state index in [4.69, 9.17) is 0 Å². The molecule has 0 spiro atoms. The fourth-order valence-corrected chi connectivity index (χ4v) is 4.74. The predicted molar refractivity (Wildman–Crippen MR) is 89.3 cm³/mol. The molecule has 0 aromatic carbocycles. The first-order valence-corrected chi connectivity index (χ1v) is 8.17. The molecule has 0 saturated heterocycles. The van der Waals surface area contributed by atoms with Crippen molar-refractivity contribution in [2.45, 2.75) is 66.7 Å². The van der Waals surface area contributed by atoms with Gasteiger partial charge in [0.05, 0.1) is 0 Å². The van der Waals surface area contributed by atoms with Gasteiger partial charge < -0.3 is 0 Å². The Morgan fingerprint density at radius 2 is 1.53 bits per heavy atom. The first-order valence-electron chi connectivity index (χ1n) is 8.17. The van der Waals surface area contributed by atoms with Gasteiger partial charge in [-0.25, -0.2) is 0 Å². The van der Waals surface area contributed by atoms with Crippen molar-refractivity contribution in [3.05, 3.63) is 25.8 Å². The highest BCUT2D eigenvalue weighted by Crippen LogP contribution is 2.65. The summed E-state index contributed by atoms with van der Waals surface area (Å²) >= 11 is 0. The maximum atomic E-state index is 3.36. The van der Waals surface area contributed by atoms with Crippen molar-refractivity contribution in [3.8, 4) is 0 Å². The van der Waals surface area contributed by atoms with Crippen molar-refractivity contribution in [1.29, 1.82) is 0 Å². The van der Waals surface area contributed by atoms with Gasteiger partial charge in [-0.15, -0.1) is 19.7 Å². The molecule has 0 radical (unpaired) electrons. The first-order chi connectivity index (χ1) is 9.10. The van der Waals surface area contributed by atoms with Gasteiger partial charge in [-0.2, -0.15) is 0 Å². The zero-order valence-corrected chi connectivity index (χ0v) is 14.0. The summed E-state index contributed by atoms with van der Waals surface area (Å²) in [6.45, 7) is 20.3. The average molecular weight is 264 g/mol. The van der Waals surface area contributed by atoms with E-state index in [9.17, 15) is 0 Å². The quantitative estimate of drug-likeness (QED) is 0.439. The Balaban J connectivity index is 0.000000404. The lowest BCUT2D eigenvalue weighted by atomic mass is 9.68. The number of hydrogen-bond donors (Lipinski definition) is 0. The van der Waals surface area contributed by atoms with E-state index in [1.54, 1.807) is 38.2 Å². The SMILES string of the molecule is C=C.C=CC.CC.CC1(C)CC2CC1C1CCCC21. The van der Waals surface area contributed by atoms with E-state index in [1.165, 1.54) is 5.92 Å². The van der Waals surface area contributed by atoms with Gasteiger partial charge >= 0.3 is 0 Å². The van der Waals surface area contributed by atoms with Crippen LogP contribution in [0.2, 0.25) is 0 Å². The largest absolute Gasteiger partial charge is 0.106 e. The molecule has 4 atom stereocenters. The van der Waals surface area contributed by atoms with Crippen molar-refractivity contribution in [2.24, 2.45) is 29.1 Å². The molecule has 19 heavy (non-hydrogen) atoms. The molecule has 0 heterocycles. The zero-order chi connectivity index (χ0) is 15.1. The second-order valence-corrected chi connectivity index (χ2v) is 6.46. The van der Waals surface area contributed by atoms with E-state index in [0.29, 0.717) is 5.41 Å². The molecule has 2 bridgehead atoms. The van der Waals surface area contributed by atoms with Crippen molar-refractivity contribution in [1.82, 2.24) is 0 Å². The highest BCUT2D eigenvalue weighted by molar-refractivity contribution is 5.06. The van der Waals surface area contributed by atoms with E-state index in [0.717, 1.165) is 17.8 Å². The van der Waals surface area contributed by atoms with Gasteiger partial charge in [0, 0.05) is 0 Å². The summed E-state index contributed by atoms with van der Waals surface area (Å²) in [5.41, 5.74) is 0.705. The third-order valence-corrected chi connectivity index (χ3v) is 5.10. The van der Waals surface area contributed by atoms with Crippen molar-refractivity contribution in [2.75, 3.05) is 0 Å². The molecule has 0 aliphatic heterocycles. The lowest BCUT2D eigenvalue weighted by molar-refractivity contribution is 0.118. The zero-order valence-electron chi connectivity index (χ0n) is 14.0. The third kappa shape index (κ3) is 3.97.